The number of nitrogens with two attached hydrogens (primary N) is 1. The van der Waals surface area contributed by atoms with E-state index in [1.165, 1.54) is 16.0 Å². The minimum Gasteiger partial charge on any atom is -0.398 e. The van der Waals surface area contributed by atoms with Crippen LogP contribution in [-0.2, 0) is 0 Å². The Hall–Kier alpha value is -3.45. The van der Waals surface area contributed by atoms with Gasteiger partial charge >= 0.3 is 0 Å². The zero-order valence-corrected chi connectivity index (χ0v) is 24.2. The molecule has 3 aromatic rings. The van der Waals surface area contributed by atoms with Crippen LogP contribution in [-0.4, -0.2) is 18.2 Å². The molecule has 0 spiro atoms. The van der Waals surface area contributed by atoms with Gasteiger partial charge in [0.1, 0.15) is 16.9 Å². The number of rotatable bonds is 9. The number of amidine groups is 1. The third kappa shape index (κ3) is 6.10. The third-order valence-electron chi connectivity index (χ3n) is 6.73. The number of hydrogen-bond donors (Lipinski definition) is 1. The highest BCUT2D eigenvalue weighted by Crippen LogP contribution is 2.40. The molecule has 0 aliphatic carbocycles. The third-order valence-corrected chi connectivity index (χ3v) is 8.46. The fourth-order valence-electron chi connectivity index (χ4n) is 4.10. The standard InChI is InChI=1S/C31H35N4PS/c1-8-19(2)9-10-20(3)35(23(6)34-7)31-29(21(4)22(5)37-31)30(36)25-13-11-24(12-14-25)26-15-16-28(33)27(17-26)18-32/h11-17,36H,2-3,8-10,33H2,1,4-7H3. The molecule has 4 nitrogen and oxygen atoms in total. The Morgan fingerprint density at radius 1 is 1.11 bits per heavy atom. The van der Waals surface area contributed by atoms with Crippen molar-refractivity contribution in [1.82, 2.24) is 0 Å². The van der Waals surface area contributed by atoms with E-state index in [9.17, 15) is 5.26 Å². The summed E-state index contributed by atoms with van der Waals surface area (Å²) in [5.74, 6) is 0.904. The first-order valence-electron chi connectivity index (χ1n) is 12.3. The summed E-state index contributed by atoms with van der Waals surface area (Å²) in [5.41, 5.74) is 14.5. The Balaban J connectivity index is 2.00. The summed E-state index contributed by atoms with van der Waals surface area (Å²) in [6.07, 6.45) is 2.71. The molecule has 2 aromatic carbocycles. The van der Waals surface area contributed by atoms with Crippen LogP contribution in [0.5, 0.6) is 0 Å². The van der Waals surface area contributed by atoms with E-state index in [1.54, 1.807) is 17.4 Å². The SMILES string of the molecule is C=C(CC)CCC(=C)N(C(C)=NC)c1sc(C)c(C)c1C(=P)c1ccc(-c2ccc(N)c(C#N)c2)cc1. The number of allylic oxidation sites excluding steroid dienone is 2. The van der Waals surface area contributed by atoms with E-state index in [0.717, 1.165) is 63.3 Å². The summed E-state index contributed by atoms with van der Waals surface area (Å²) in [7, 11) is 5.82. The number of nitriles is 1. The molecule has 0 atom stereocenters. The van der Waals surface area contributed by atoms with Gasteiger partial charge in [0.05, 0.1) is 5.56 Å². The van der Waals surface area contributed by atoms with Crippen molar-refractivity contribution in [3.8, 4) is 17.2 Å². The lowest BCUT2D eigenvalue weighted by Gasteiger charge is -2.27. The van der Waals surface area contributed by atoms with Crippen LogP contribution in [0.15, 0.2) is 71.9 Å². The van der Waals surface area contributed by atoms with Gasteiger partial charge in [-0.25, -0.2) is 0 Å². The zero-order valence-electron chi connectivity index (χ0n) is 22.4. The van der Waals surface area contributed by atoms with Gasteiger partial charge in [-0.15, -0.1) is 20.2 Å². The number of anilines is 2. The number of nitrogens with zero attached hydrogens (tertiary/aromatic N) is 3. The predicted octanol–water partition coefficient (Wildman–Crippen LogP) is 8.31. The van der Waals surface area contributed by atoms with Gasteiger partial charge < -0.3 is 5.73 Å². The lowest BCUT2D eigenvalue weighted by atomic mass is 9.97. The molecule has 6 heteroatoms. The second kappa shape index (κ2) is 12.2. The zero-order chi connectivity index (χ0) is 27.3. The predicted molar refractivity (Wildman–Crippen MR) is 166 cm³/mol. The number of aryl methyl sites for hydroxylation is 1. The molecule has 0 radical (unpaired) electrons. The maximum Gasteiger partial charge on any atom is 0.109 e. The number of nitrogen functional groups attached to an aromatic ring is 1. The summed E-state index contributed by atoms with van der Waals surface area (Å²) in [4.78, 5) is 7.96. The lowest BCUT2D eigenvalue weighted by molar-refractivity contribution is 0.867. The Morgan fingerprint density at radius 3 is 2.35 bits per heavy atom. The van der Waals surface area contributed by atoms with Crippen LogP contribution < -0.4 is 10.6 Å². The first-order chi connectivity index (χ1) is 17.6. The average Bonchev–Trinajstić information content (AvgIpc) is 3.20. The molecule has 0 saturated carbocycles. The van der Waals surface area contributed by atoms with Crippen molar-refractivity contribution < 1.29 is 0 Å². The second-order valence-corrected chi connectivity index (χ2v) is 10.8. The van der Waals surface area contributed by atoms with E-state index >= 15 is 0 Å². The summed E-state index contributed by atoms with van der Waals surface area (Å²) < 4.78 is 0. The monoisotopic (exact) mass is 526 g/mol. The molecule has 3 rings (SSSR count). The molecular weight excluding hydrogens is 491 g/mol. The quantitative estimate of drug-likeness (QED) is 0.100. The molecule has 37 heavy (non-hydrogen) atoms. The first-order valence-corrected chi connectivity index (χ1v) is 13.6. The Morgan fingerprint density at radius 2 is 1.76 bits per heavy atom. The first kappa shape index (κ1) is 28.1. The lowest BCUT2D eigenvalue weighted by Crippen LogP contribution is -2.28. The Labute approximate surface area is 227 Å². The van der Waals surface area contributed by atoms with Gasteiger partial charge in [-0.1, -0.05) is 56.0 Å². The van der Waals surface area contributed by atoms with Gasteiger partial charge in [0, 0.05) is 34.2 Å². The summed E-state index contributed by atoms with van der Waals surface area (Å²) in [6, 6.07) is 16.1. The molecule has 0 aliphatic rings. The molecule has 0 unspecified atom stereocenters. The van der Waals surface area contributed by atoms with Crippen LogP contribution in [0.4, 0.5) is 10.7 Å². The van der Waals surface area contributed by atoms with Crippen molar-refractivity contribution in [2.75, 3.05) is 17.7 Å². The van der Waals surface area contributed by atoms with Crippen LogP contribution in [0.2, 0.25) is 0 Å². The van der Waals surface area contributed by atoms with Crippen LogP contribution in [0, 0.1) is 25.2 Å². The molecule has 1 aromatic heterocycles. The highest BCUT2D eigenvalue weighted by atomic mass is 32.1. The molecule has 0 saturated heterocycles. The van der Waals surface area contributed by atoms with Crippen molar-refractivity contribution in [3.63, 3.8) is 0 Å². The average molecular weight is 527 g/mol. The Kier molecular flexibility index (Phi) is 9.27. The minimum atomic E-state index is 0.485. The molecule has 190 valence electrons. The van der Waals surface area contributed by atoms with Crippen LogP contribution in [0.25, 0.3) is 11.1 Å². The summed E-state index contributed by atoms with van der Waals surface area (Å²) in [5, 5.41) is 11.5. The largest absolute Gasteiger partial charge is 0.398 e. The van der Waals surface area contributed by atoms with Crippen molar-refractivity contribution in [2.45, 2.75) is 47.0 Å². The molecule has 0 fully saturated rings. The van der Waals surface area contributed by atoms with Crippen LogP contribution >= 0.6 is 20.2 Å². The van der Waals surface area contributed by atoms with E-state index in [-0.39, 0.29) is 0 Å². The molecule has 0 aliphatic heterocycles. The Bertz CT molecular complexity index is 1420. The van der Waals surface area contributed by atoms with E-state index in [2.05, 4.69) is 83.0 Å². The number of benzene rings is 2. The fraction of sp³-hybridized carbons (Fsp3) is 0.258. The number of aliphatic imine (C=N–C) groups is 1. The van der Waals surface area contributed by atoms with Crippen LogP contribution in [0.1, 0.15) is 60.2 Å². The smallest absolute Gasteiger partial charge is 0.109 e. The molecule has 2 N–H and O–H groups in total. The van der Waals surface area contributed by atoms with Gasteiger partial charge in [0.2, 0.25) is 0 Å². The van der Waals surface area contributed by atoms with Crippen molar-refractivity contribution >= 4 is 42.0 Å². The van der Waals surface area contributed by atoms with Gasteiger partial charge in [-0.2, -0.15) is 5.26 Å². The van der Waals surface area contributed by atoms with Gasteiger partial charge in [0.15, 0.2) is 0 Å². The van der Waals surface area contributed by atoms with Crippen molar-refractivity contribution in [1.29, 1.82) is 5.26 Å². The molecule has 0 amide bonds. The van der Waals surface area contributed by atoms with Gasteiger partial charge in [0.25, 0.3) is 0 Å². The fourth-order valence-corrected chi connectivity index (χ4v) is 5.91. The van der Waals surface area contributed by atoms with Crippen LogP contribution in [0.3, 0.4) is 0 Å². The molecule has 0 bridgehead atoms. The normalized spacial score (nSPS) is 11.2. The summed E-state index contributed by atoms with van der Waals surface area (Å²) >= 11 is 1.76. The van der Waals surface area contributed by atoms with Gasteiger partial charge in [-0.05, 0) is 74.4 Å². The van der Waals surface area contributed by atoms with E-state index in [0.29, 0.717) is 11.3 Å². The highest BCUT2D eigenvalue weighted by molar-refractivity contribution is 7.24. The second-order valence-electron chi connectivity index (χ2n) is 9.11. The molecule has 1 heterocycles. The van der Waals surface area contributed by atoms with E-state index in [4.69, 9.17) is 5.73 Å². The van der Waals surface area contributed by atoms with Gasteiger partial charge in [-0.3, -0.25) is 9.89 Å². The maximum atomic E-state index is 9.34. The maximum absolute atomic E-state index is 9.34. The number of thiophene rings is 1. The minimum absolute atomic E-state index is 0.485. The van der Waals surface area contributed by atoms with Crippen molar-refractivity contribution in [2.24, 2.45) is 4.99 Å². The highest BCUT2D eigenvalue weighted by Gasteiger charge is 2.24. The summed E-state index contributed by atoms with van der Waals surface area (Å²) in [6.45, 7) is 17.1. The van der Waals surface area contributed by atoms with E-state index < -0.39 is 0 Å². The topological polar surface area (TPSA) is 65.4 Å². The number of hydrogen-bond acceptors (Lipinski definition) is 4. The molecular formula is C31H35N4PS. The van der Waals surface area contributed by atoms with Crippen molar-refractivity contribution in [3.05, 3.63) is 94.0 Å². The van der Waals surface area contributed by atoms with E-state index in [1.807, 2.05) is 26.1 Å².